The number of para-hydroxylation sites is 2. The van der Waals surface area contributed by atoms with Crippen LogP contribution in [0.1, 0.15) is 34.7 Å². The SMILES string of the molecule is CC1c2[nH]c3ccccc3c2CCN1C(=O)c1[nH]c2ccccc2c1Br. The number of H-pyrrole nitrogens is 2. The van der Waals surface area contributed by atoms with Gasteiger partial charge in [-0.3, -0.25) is 4.79 Å². The van der Waals surface area contributed by atoms with Gasteiger partial charge >= 0.3 is 0 Å². The van der Waals surface area contributed by atoms with E-state index in [4.69, 9.17) is 0 Å². The Labute approximate surface area is 159 Å². The third kappa shape index (κ3) is 2.16. The minimum Gasteiger partial charge on any atom is -0.356 e. The van der Waals surface area contributed by atoms with Gasteiger partial charge in [0.15, 0.2) is 0 Å². The second-order valence-electron chi connectivity index (χ2n) is 6.85. The minimum absolute atomic E-state index is 0.0111. The number of benzene rings is 2. The maximum Gasteiger partial charge on any atom is 0.272 e. The van der Waals surface area contributed by atoms with Gasteiger partial charge in [0.25, 0.3) is 5.91 Å². The maximum atomic E-state index is 13.3. The Hall–Kier alpha value is -2.53. The standard InChI is InChI=1S/C21H18BrN3O/c1-12-19-14(13-6-2-4-8-16(13)23-19)10-11-25(12)21(26)20-18(22)15-7-3-5-9-17(15)24-20/h2-9,12,23-24H,10-11H2,1H3. The summed E-state index contributed by atoms with van der Waals surface area (Å²) in [6.45, 7) is 2.82. The highest BCUT2D eigenvalue weighted by molar-refractivity contribution is 9.10. The van der Waals surface area contributed by atoms with Gasteiger partial charge < -0.3 is 14.9 Å². The maximum absolute atomic E-state index is 13.3. The topological polar surface area (TPSA) is 51.9 Å². The second kappa shape index (κ2) is 5.74. The van der Waals surface area contributed by atoms with Gasteiger partial charge in [-0.15, -0.1) is 0 Å². The lowest BCUT2D eigenvalue weighted by Crippen LogP contribution is -2.39. The van der Waals surface area contributed by atoms with Crippen LogP contribution in [-0.2, 0) is 6.42 Å². The van der Waals surface area contributed by atoms with Crippen molar-refractivity contribution in [2.24, 2.45) is 0 Å². The number of hydrogen-bond donors (Lipinski definition) is 2. The highest BCUT2D eigenvalue weighted by atomic mass is 79.9. The molecule has 0 bridgehead atoms. The van der Waals surface area contributed by atoms with Crippen LogP contribution >= 0.6 is 15.9 Å². The Balaban J connectivity index is 1.56. The average Bonchev–Trinajstić information content (AvgIpc) is 3.21. The molecule has 1 atom stereocenters. The Morgan fingerprint density at radius 3 is 2.42 bits per heavy atom. The minimum atomic E-state index is 0.0111. The molecule has 4 aromatic rings. The number of aromatic nitrogens is 2. The number of fused-ring (bicyclic) bond motifs is 4. The predicted molar refractivity (Wildman–Crippen MR) is 107 cm³/mol. The Morgan fingerprint density at radius 2 is 1.69 bits per heavy atom. The molecule has 1 unspecified atom stereocenters. The number of aromatic amines is 2. The Morgan fingerprint density at radius 1 is 1.04 bits per heavy atom. The van der Waals surface area contributed by atoms with Crippen molar-refractivity contribution in [1.29, 1.82) is 0 Å². The first-order valence-electron chi connectivity index (χ1n) is 8.82. The smallest absolute Gasteiger partial charge is 0.272 e. The molecule has 130 valence electrons. The van der Waals surface area contributed by atoms with Crippen molar-refractivity contribution in [2.75, 3.05) is 6.54 Å². The molecule has 26 heavy (non-hydrogen) atoms. The van der Waals surface area contributed by atoms with E-state index in [1.54, 1.807) is 0 Å². The summed E-state index contributed by atoms with van der Waals surface area (Å²) >= 11 is 3.61. The van der Waals surface area contributed by atoms with Crippen LogP contribution in [0.5, 0.6) is 0 Å². The fraction of sp³-hybridized carbons (Fsp3) is 0.190. The molecule has 0 radical (unpaired) electrons. The van der Waals surface area contributed by atoms with E-state index in [-0.39, 0.29) is 11.9 Å². The number of carbonyl (C=O) groups is 1. The molecular formula is C21H18BrN3O. The van der Waals surface area contributed by atoms with E-state index in [1.807, 2.05) is 35.2 Å². The lowest BCUT2D eigenvalue weighted by molar-refractivity contribution is 0.0668. The molecule has 0 aliphatic carbocycles. The molecule has 0 fully saturated rings. The van der Waals surface area contributed by atoms with E-state index in [0.29, 0.717) is 5.69 Å². The summed E-state index contributed by atoms with van der Waals surface area (Å²) < 4.78 is 0.841. The summed E-state index contributed by atoms with van der Waals surface area (Å²) in [4.78, 5) is 22.0. The Kier molecular flexibility index (Phi) is 3.47. The van der Waals surface area contributed by atoms with Crippen molar-refractivity contribution in [1.82, 2.24) is 14.9 Å². The zero-order chi connectivity index (χ0) is 17.8. The fourth-order valence-electron chi connectivity index (χ4n) is 4.10. The van der Waals surface area contributed by atoms with Gasteiger partial charge in [0.1, 0.15) is 5.69 Å². The summed E-state index contributed by atoms with van der Waals surface area (Å²) in [6, 6.07) is 16.3. The van der Waals surface area contributed by atoms with Crippen molar-refractivity contribution in [3.05, 3.63) is 70.0 Å². The van der Waals surface area contributed by atoms with Gasteiger partial charge in [-0.05, 0) is 47.0 Å². The van der Waals surface area contributed by atoms with Crippen LogP contribution < -0.4 is 0 Å². The number of amides is 1. The molecule has 0 saturated carbocycles. The normalized spacial score (nSPS) is 17.0. The molecule has 0 saturated heterocycles. The lowest BCUT2D eigenvalue weighted by atomic mass is 9.98. The summed E-state index contributed by atoms with van der Waals surface area (Å²) in [5, 5.41) is 2.31. The van der Waals surface area contributed by atoms with Crippen LogP contribution in [0.2, 0.25) is 0 Å². The first kappa shape index (κ1) is 15.7. The van der Waals surface area contributed by atoms with E-state index in [1.165, 1.54) is 10.9 Å². The van der Waals surface area contributed by atoms with Crippen molar-refractivity contribution in [3.63, 3.8) is 0 Å². The lowest BCUT2D eigenvalue weighted by Gasteiger charge is -2.33. The van der Waals surface area contributed by atoms with E-state index >= 15 is 0 Å². The number of nitrogens with zero attached hydrogens (tertiary/aromatic N) is 1. The van der Waals surface area contributed by atoms with Crippen LogP contribution in [-0.4, -0.2) is 27.3 Å². The number of nitrogens with one attached hydrogen (secondary N) is 2. The van der Waals surface area contributed by atoms with Crippen LogP contribution in [0, 0.1) is 0 Å². The van der Waals surface area contributed by atoms with Crippen LogP contribution in [0.25, 0.3) is 21.8 Å². The number of hydrogen-bond acceptors (Lipinski definition) is 1. The van der Waals surface area contributed by atoms with Gasteiger partial charge in [-0.1, -0.05) is 36.4 Å². The predicted octanol–water partition coefficient (Wildman–Crippen LogP) is 5.17. The van der Waals surface area contributed by atoms with E-state index in [0.717, 1.165) is 39.6 Å². The fourth-order valence-corrected chi connectivity index (χ4v) is 4.72. The number of rotatable bonds is 1. The van der Waals surface area contributed by atoms with Crippen LogP contribution in [0.3, 0.4) is 0 Å². The molecule has 2 aromatic heterocycles. The van der Waals surface area contributed by atoms with Gasteiger partial charge in [-0.2, -0.15) is 0 Å². The molecule has 1 aliphatic heterocycles. The summed E-state index contributed by atoms with van der Waals surface area (Å²) in [5.74, 6) is 0.0323. The second-order valence-corrected chi connectivity index (χ2v) is 7.64. The van der Waals surface area contributed by atoms with E-state index in [2.05, 4.69) is 51.0 Å². The molecule has 1 amide bonds. The first-order valence-corrected chi connectivity index (χ1v) is 9.61. The van der Waals surface area contributed by atoms with Crippen molar-refractivity contribution in [2.45, 2.75) is 19.4 Å². The van der Waals surface area contributed by atoms with E-state index in [9.17, 15) is 4.79 Å². The highest BCUT2D eigenvalue weighted by Gasteiger charge is 2.32. The Bertz CT molecular complexity index is 1160. The molecule has 1 aliphatic rings. The van der Waals surface area contributed by atoms with Crippen molar-refractivity contribution < 1.29 is 4.79 Å². The summed E-state index contributed by atoms with van der Waals surface area (Å²) in [6.07, 6.45) is 0.868. The molecule has 3 heterocycles. The molecule has 4 nitrogen and oxygen atoms in total. The highest BCUT2D eigenvalue weighted by Crippen LogP contribution is 2.36. The van der Waals surface area contributed by atoms with Crippen LogP contribution in [0.15, 0.2) is 53.0 Å². The third-order valence-electron chi connectivity index (χ3n) is 5.45. The molecule has 2 N–H and O–H groups in total. The third-order valence-corrected chi connectivity index (χ3v) is 6.28. The first-order chi connectivity index (χ1) is 12.6. The zero-order valence-electron chi connectivity index (χ0n) is 14.3. The van der Waals surface area contributed by atoms with E-state index < -0.39 is 0 Å². The van der Waals surface area contributed by atoms with Crippen molar-refractivity contribution >= 4 is 43.6 Å². The van der Waals surface area contributed by atoms with Gasteiger partial charge in [0.2, 0.25) is 0 Å². The van der Waals surface area contributed by atoms with Gasteiger partial charge in [0, 0.05) is 34.0 Å². The molecule has 5 heteroatoms. The largest absolute Gasteiger partial charge is 0.356 e. The molecular weight excluding hydrogens is 390 g/mol. The molecule has 5 rings (SSSR count). The van der Waals surface area contributed by atoms with Crippen LogP contribution in [0.4, 0.5) is 0 Å². The number of halogens is 1. The molecule has 2 aromatic carbocycles. The monoisotopic (exact) mass is 407 g/mol. The van der Waals surface area contributed by atoms with Gasteiger partial charge in [-0.25, -0.2) is 0 Å². The summed E-state index contributed by atoms with van der Waals surface area (Å²) in [7, 11) is 0. The number of carbonyl (C=O) groups excluding carboxylic acids is 1. The quantitative estimate of drug-likeness (QED) is 0.449. The zero-order valence-corrected chi connectivity index (χ0v) is 15.9. The summed E-state index contributed by atoms with van der Waals surface area (Å²) in [5.41, 5.74) is 5.23. The van der Waals surface area contributed by atoms with Crippen molar-refractivity contribution in [3.8, 4) is 0 Å². The van der Waals surface area contributed by atoms with Gasteiger partial charge in [0.05, 0.1) is 10.5 Å². The molecule has 0 spiro atoms. The average molecular weight is 408 g/mol.